The fourth-order valence-electron chi connectivity index (χ4n) is 2.88. The molecule has 0 radical (unpaired) electrons. The van der Waals surface area contributed by atoms with Gasteiger partial charge in [-0.15, -0.1) is 0 Å². The lowest BCUT2D eigenvalue weighted by Gasteiger charge is -2.32. The number of hydrogen-bond acceptors (Lipinski definition) is 3. The van der Waals surface area contributed by atoms with Crippen molar-refractivity contribution in [3.63, 3.8) is 0 Å². The summed E-state index contributed by atoms with van der Waals surface area (Å²) in [7, 11) is 0. The minimum absolute atomic E-state index is 0.0497. The van der Waals surface area contributed by atoms with Gasteiger partial charge in [-0.3, -0.25) is 9.59 Å². The molecule has 5 heteroatoms. The first kappa shape index (κ1) is 17.9. The Morgan fingerprint density at radius 3 is 2.87 bits per heavy atom. The Morgan fingerprint density at radius 2 is 2.13 bits per heavy atom. The first-order valence-electron chi connectivity index (χ1n) is 8.29. The number of hydrogen-bond donors (Lipinski definition) is 1. The molecule has 1 aromatic carbocycles. The summed E-state index contributed by atoms with van der Waals surface area (Å²) in [5.74, 6) is 1.16. The fourth-order valence-corrected chi connectivity index (χ4v) is 3.19. The highest BCUT2D eigenvalue weighted by Gasteiger charge is 2.29. The average Bonchev–Trinajstić information content (AvgIpc) is 2.57. The topological polar surface area (TPSA) is 49.4 Å². The summed E-state index contributed by atoms with van der Waals surface area (Å²) >= 11 is 1.72. The lowest BCUT2D eigenvalue weighted by atomic mass is 9.96. The Hall–Kier alpha value is -1.49. The Balaban J connectivity index is 1.76. The quantitative estimate of drug-likeness (QED) is 0.743. The lowest BCUT2D eigenvalue weighted by Crippen LogP contribution is -2.46. The fraction of sp³-hybridized carbons (Fsp3) is 0.556. The van der Waals surface area contributed by atoms with Gasteiger partial charge in [0.05, 0.1) is 5.92 Å². The van der Waals surface area contributed by atoms with Gasteiger partial charge in [-0.2, -0.15) is 11.8 Å². The van der Waals surface area contributed by atoms with Crippen molar-refractivity contribution < 1.29 is 9.59 Å². The maximum atomic E-state index is 12.2. The van der Waals surface area contributed by atoms with E-state index in [1.807, 2.05) is 29.4 Å². The maximum absolute atomic E-state index is 12.2. The number of carbonyl (C=O) groups excluding carboxylic acids is 2. The summed E-state index contributed by atoms with van der Waals surface area (Å²) in [6.45, 7) is 2.01. The van der Waals surface area contributed by atoms with E-state index < -0.39 is 0 Å². The number of carbonyl (C=O) groups is 2. The van der Waals surface area contributed by atoms with Gasteiger partial charge in [-0.25, -0.2) is 0 Å². The Kier molecular flexibility index (Phi) is 7.46. The van der Waals surface area contributed by atoms with Crippen LogP contribution >= 0.6 is 11.8 Å². The number of thioether (sulfide) groups is 1. The van der Waals surface area contributed by atoms with Gasteiger partial charge in [0.1, 0.15) is 0 Å². The molecule has 2 amide bonds. The van der Waals surface area contributed by atoms with Crippen LogP contribution in [0.3, 0.4) is 0 Å². The zero-order valence-electron chi connectivity index (χ0n) is 13.8. The molecular weight excluding hydrogens is 308 g/mol. The van der Waals surface area contributed by atoms with Crippen LogP contribution in [-0.4, -0.2) is 48.4 Å². The molecule has 0 aliphatic carbocycles. The molecule has 23 heavy (non-hydrogen) atoms. The number of likely N-dealkylation sites (tertiary alicyclic amines) is 1. The maximum Gasteiger partial charge on any atom is 0.224 e. The van der Waals surface area contributed by atoms with Crippen LogP contribution in [0.1, 0.15) is 24.8 Å². The standard InChI is InChI=1S/C18H26N2O2S/c1-23-13-11-19-18(22)16-9-10-17(21)20(14-16)12-5-8-15-6-3-2-4-7-15/h2-4,6-7,16H,5,8-14H2,1H3,(H,19,22)/t16-/m1/s1. The molecule has 0 saturated carbocycles. The van der Waals surface area contributed by atoms with E-state index in [0.717, 1.165) is 25.1 Å². The van der Waals surface area contributed by atoms with Crippen molar-refractivity contribution in [3.05, 3.63) is 35.9 Å². The third-order valence-electron chi connectivity index (χ3n) is 4.21. The smallest absolute Gasteiger partial charge is 0.224 e. The summed E-state index contributed by atoms with van der Waals surface area (Å²) in [6.07, 6.45) is 5.11. The number of nitrogens with zero attached hydrogens (tertiary/aromatic N) is 1. The molecule has 1 aliphatic rings. The van der Waals surface area contributed by atoms with E-state index in [9.17, 15) is 9.59 Å². The number of nitrogens with one attached hydrogen (secondary N) is 1. The second kappa shape index (κ2) is 9.60. The van der Waals surface area contributed by atoms with Gasteiger partial charge >= 0.3 is 0 Å². The second-order valence-electron chi connectivity index (χ2n) is 5.95. The second-order valence-corrected chi connectivity index (χ2v) is 6.93. The predicted molar refractivity (Wildman–Crippen MR) is 95.5 cm³/mol. The minimum atomic E-state index is -0.0497. The van der Waals surface area contributed by atoms with Crippen LogP contribution < -0.4 is 5.32 Å². The third kappa shape index (κ3) is 5.90. The van der Waals surface area contributed by atoms with Gasteiger partial charge in [0.2, 0.25) is 11.8 Å². The van der Waals surface area contributed by atoms with Crippen molar-refractivity contribution in [2.75, 3.05) is 31.6 Å². The normalized spacial score (nSPS) is 18.0. The largest absolute Gasteiger partial charge is 0.355 e. The molecule has 2 rings (SSSR count). The molecule has 1 heterocycles. The molecule has 0 bridgehead atoms. The monoisotopic (exact) mass is 334 g/mol. The first-order chi connectivity index (χ1) is 11.2. The van der Waals surface area contributed by atoms with Crippen LogP contribution in [0.25, 0.3) is 0 Å². The molecule has 1 atom stereocenters. The van der Waals surface area contributed by atoms with E-state index in [-0.39, 0.29) is 17.7 Å². The van der Waals surface area contributed by atoms with Crippen molar-refractivity contribution in [2.45, 2.75) is 25.7 Å². The van der Waals surface area contributed by atoms with Gasteiger partial charge in [0, 0.05) is 31.8 Å². The Labute approximate surface area is 143 Å². The molecule has 1 N–H and O–H groups in total. The molecule has 1 aliphatic heterocycles. The van der Waals surface area contributed by atoms with Crippen LogP contribution in [-0.2, 0) is 16.0 Å². The summed E-state index contributed by atoms with van der Waals surface area (Å²) in [5, 5.41) is 2.97. The number of amides is 2. The Morgan fingerprint density at radius 1 is 1.35 bits per heavy atom. The van der Waals surface area contributed by atoms with Gasteiger partial charge < -0.3 is 10.2 Å². The number of benzene rings is 1. The van der Waals surface area contributed by atoms with E-state index in [1.165, 1.54) is 5.56 Å². The van der Waals surface area contributed by atoms with Crippen LogP contribution in [0.5, 0.6) is 0 Å². The van der Waals surface area contributed by atoms with Crippen molar-refractivity contribution in [1.82, 2.24) is 10.2 Å². The van der Waals surface area contributed by atoms with Gasteiger partial charge in [0.25, 0.3) is 0 Å². The summed E-state index contributed by atoms with van der Waals surface area (Å²) in [5.41, 5.74) is 1.29. The Bertz CT molecular complexity index is 507. The molecule has 0 spiro atoms. The van der Waals surface area contributed by atoms with E-state index in [0.29, 0.717) is 25.9 Å². The van der Waals surface area contributed by atoms with E-state index in [4.69, 9.17) is 0 Å². The minimum Gasteiger partial charge on any atom is -0.355 e. The number of piperidine rings is 1. The van der Waals surface area contributed by atoms with Gasteiger partial charge in [-0.05, 0) is 31.1 Å². The van der Waals surface area contributed by atoms with Gasteiger partial charge in [0.15, 0.2) is 0 Å². The third-order valence-corrected chi connectivity index (χ3v) is 4.83. The molecule has 4 nitrogen and oxygen atoms in total. The molecule has 1 fully saturated rings. The molecular formula is C18H26N2O2S. The van der Waals surface area contributed by atoms with E-state index >= 15 is 0 Å². The van der Waals surface area contributed by atoms with Crippen molar-refractivity contribution in [3.8, 4) is 0 Å². The molecule has 1 aromatic rings. The van der Waals surface area contributed by atoms with Crippen LogP contribution in [0.15, 0.2) is 30.3 Å². The zero-order chi connectivity index (χ0) is 16.5. The number of aryl methyl sites for hydroxylation is 1. The van der Waals surface area contributed by atoms with Crippen molar-refractivity contribution in [1.29, 1.82) is 0 Å². The molecule has 126 valence electrons. The van der Waals surface area contributed by atoms with Crippen LogP contribution in [0, 0.1) is 5.92 Å². The van der Waals surface area contributed by atoms with Crippen molar-refractivity contribution in [2.24, 2.45) is 5.92 Å². The SMILES string of the molecule is CSCCNC(=O)[C@@H]1CCC(=O)N(CCCc2ccccc2)C1. The van der Waals surface area contributed by atoms with Gasteiger partial charge in [-0.1, -0.05) is 30.3 Å². The number of rotatable bonds is 8. The highest BCUT2D eigenvalue weighted by molar-refractivity contribution is 7.98. The highest BCUT2D eigenvalue weighted by Crippen LogP contribution is 2.18. The highest BCUT2D eigenvalue weighted by atomic mass is 32.2. The molecule has 0 unspecified atom stereocenters. The molecule has 1 saturated heterocycles. The van der Waals surface area contributed by atoms with Crippen molar-refractivity contribution >= 4 is 23.6 Å². The van der Waals surface area contributed by atoms with E-state index in [1.54, 1.807) is 11.8 Å². The summed E-state index contributed by atoms with van der Waals surface area (Å²) in [4.78, 5) is 26.1. The summed E-state index contributed by atoms with van der Waals surface area (Å²) in [6, 6.07) is 10.3. The molecule has 0 aromatic heterocycles. The first-order valence-corrected chi connectivity index (χ1v) is 9.68. The zero-order valence-corrected chi connectivity index (χ0v) is 14.6. The van der Waals surface area contributed by atoms with Crippen LogP contribution in [0.4, 0.5) is 0 Å². The summed E-state index contributed by atoms with van der Waals surface area (Å²) < 4.78 is 0. The lowest BCUT2D eigenvalue weighted by molar-refractivity contribution is -0.138. The average molecular weight is 334 g/mol. The van der Waals surface area contributed by atoms with E-state index in [2.05, 4.69) is 17.4 Å². The van der Waals surface area contributed by atoms with Crippen LogP contribution in [0.2, 0.25) is 0 Å². The predicted octanol–water partition coefficient (Wildman–Crippen LogP) is 2.34.